The van der Waals surface area contributed by atoms with Gasteiger partial charge in [0.15, 0.2) is 12.4 Å². The highest BCUT2D eigenvalue weighted by molar-refractivity contribution is 5.96. The van der Waals surface area contributed by atoms with Crippen molar-refractivity contribution in [3.63, 3.8) is 0 Å². The Hall–Kier alpha value is -3.54. The van der Waals surface area contributed by atoms with E-state index < -0.39 is 42.2 Å². The lowest BCUT2D eigenvalue weighted by Crippen LogP contribution is -2.42. The third-order valence-corrected chi connectivity index (χ3v) is 4.99. The Bertz CT molecular complexity index is 1010. The van der Waals surface area contributed by atoms with E-state index in [1.165, 1.54) is 24.3 Å². The van der Waals surface area contributed by atoms with Crippen LogP contribution >= 0.6 is 0 Å². The predicted molar refractivity (Wildman–Crippen MR) is 111 cm³/mol. The number of amides is 2. The van der Waals surface area contributed by atoms with Gasteiger partial charge in [0.1, 0.15) is 18.4 Å². The molecular weight excluding hydrogens is 461 g/mol. The van der Waals surface area contributed by atoms with Crippen LogP contribution in [0, 0.1) is 0 Å². The van der Waals surface area contributed by atoms with Gasteiger partial charge in [0.25, 0.3) is 11.8 Å². The fourth-order valence-corrected chi connectivity index (χ4v) is 3.38. The normalized spacial score (nSPS) is 15.8. The molecule has 1 fully saturated rings. The molecule has 9 nitrogen and oxygen atoms in total. The van der Waals surface area contributed by atoms with Crippen molar-refractivity contribution in [3.8, 4) is 5.75 Å². The SMILES string of the molecule is COCCOc1ccc(C(F)(F)F)cc1NC(=O)COC(=O)C1CCCN1C(=O)c1ccco1. The maximum absolute atomic E-state index is 13.1. The number of hydrogen-bond donors (Lipinski definition) is 1. The van der Waals surface area contributed by atoms with Gasteiger partial charge in [-0.2, -0.15) is 13.2 Å². The van der Waals surface area contributed by atoms with Crippen molar-refractivity contribution in [2.45, 2.75) is 25.1 Å². The van der Waals surface area contributed by atoms with E-state index in [0.717, 1.165) is 18.2 Å². The van der Waals surface area contributed by atoms with Crippen molar-refractivity contribution < 1.29 is 46.2 Å². The molecule has 1 aromatic heterocycles. The van der Waals surface area contributed by atoms with Crippen LogP contribution in [0.5, 0.6) is 5.75 Å². The van der Waals surface area contributed by atoms with Crippen LogP contribution in [0.4, 0.5) is 18.9 Å². The van der Waals surface area contributed by atoms with Gasteiger partial charge in [-0.05, 0) is 43.2 Å². The molecule has 2 aromatic rings. The average molecular weight is 484 g/mol. The summed E-state index contributed by atoms with van der Waals surface area (Å²) in [6.07, 6.45) is -2.39. The molecule has 3 rings (SSSR count). The molecule has 184 valence electrons. The molecule has 1 atom stereocenters. The second kappa shape index (κ2) is 11.1. The Morgan fingerprint density at radius 1 is 1.21 bits per heavy atom. The van der Waals surface area contributed by atoms with E-state index in [1.807, 2.05) is 0 Å². The van der Waals surface area contributed by atoms with Crippen LogP contribution in [-0.2, 0) is 25.2 Å². The number of esters is 1. The van der Waals surface area contributed by atoms with E-state index in [1.54, 1.807) is 6.07 Å². The molecule has 1 aliphatic heterocycles. The van der Waals surface area contributed by atoms with E-state index in [0.29, 0.717) is 19.4 Å². The fraction of sp³-hybridized carbons (Fsp3) is 0.409. The first-order valence-corrected chi connectivity index (χ1v) is 10.3. The summed E-state index contributed by atoms with van der Waals surface area (Å²) in [6, 6.07) is 4.74. The summed E-state index contributed by atoms with van der Waals surface area (Å²) in [5.74, 6) is -2.08. The van der Waals surface area contributed by atoms with Gasteiger partial charge in [-0.25, -0.2) is 4.79 Å². The number of hydrogen-bond acceptors (Lipinski definition) is 7. The number of carbonyl (C=O) groups excluding carboxylic acids is 3. The number of nitrogens with one attached hydrogen (secondary N) is 1. The fourth-order valence-electron chi connectivity index (χ4n) is 3.38. The highest BCUT2D eigenvalue weighted by Crippen LogP contribution is 2.35. The van der Waals surface area contributed by atoms with E-state index >= 15 is 0 Å². The number of nitrogens with zero attached hydrogens (tertiary/aromatic N) is 1. The molecule has 1 aromatic carbocycles. The smallest absolute Gasteiger partial charge is 0.416 e. The Labute approximate surface area is 192 Å². The van der Waals surface area contributed by atoms with Crippen molar-refractivity contribution in [3.05, 3.63) is 47.9 Å². The number of anilines is 1. The summed E-state index contributed by atoms with van der Waals surface area (Å²) in [4.78, 5) is 38.6. The Morgan fingerprint density at radius 3 is 2.68 bits per heavy atom. The summed E-state index contributed by atoms with van der Waals surface area (Å²) >= 11 is 0. The zero-order chi connectivity index (χ0) is 24.7. The van der Waals surface area contributed by atoms with E-state index in [-0.39, 0.29) is 30.4 Å². The zero-order valence-electron chi connectivity index (χ0n) is 18.2. The maximum atomic E-state index is 13.1. The van der Waals surface area contributed by atoms with Crippen LogP contribution in [0.15, 0.2) is 41.0 Å². The first-order chi connectivity index (χ1) is 16.2. The van der Waals surface area contributed by atoms with E-state index in [4.69, 9.17) is 18.6 Å². The van der Waals surface area contributed by atoms with Crippen LogP contribution in [0.25, 0.3) is 0 Å². The van der Waals surface area contributed by atoms with Crippen molar-refractivity contribution in [2.24, 2.45) is 0 Å². The molecule has 2 heterocycles. The number of alkyl halides is 3. The van der Waals surface area contributed by atoms with Gasteiger partial charge < -0.3 is 28.8 Å². The number of likely N-dealkylation sites (tertiary alicyclic amines) is 1. The summed E-state index contributed by atoms with van der Waals surface area (Å²) in [7, 11) is 1.43. The number of rotatable bonds is 9. The molecule has 1 aliphatic rings. The summed E-state index contributed by atoms with van der Waals surface area (Å²) in [6.45, 7) is -0.217. The van der Waals surface area contributed by atoms with Gasteiger partial charge in [-0.15, -0.1) is 0 Å². The molecule has 1 unspecified atom stereocenters. The number of furan rings is 1. The first kappa shape index (κ1) is 25.1. The van der Waals surface area contributed by atoms with Crippen molar-refractivity contribution in [1.29, 1.82) is 0 Å². The van der Waals surface area contributed by atoms with Gasteiger partial charge >= 0.3 is 12.1 Å². The highest BCUT2D eigenvalue weighted by Gasteiger charge is 2.37. The van der Waals surface area contributed by atoms with Crippen molar-refractivity contribution in [2.75, 3.05) is 38.8 Å². The molecule has 1 saturated heterocycles. The largest absolute Gasteiger partial charge is 0.489 e. The number of halogens is 3. The Morgan fingerprint density at radius 2 is 2.00 bits per heavy atom. The monoisotopic (exact) mass is 484 g/mol. The molecule has 1 N–H and O–H groups in total. The molecular formula is C22H23F3N2O7. The molecule has 0 bridgehead atoms. The molecule has 2 amide bonds. The number of benzene rings is 1. The van der Waals surface area contributed by atoms with Crippen molar-refractivity contribution >= 4 is 23.5 Å². The molecule has 12 heteroatoms. The van der Waals surface area contributed by atoms with Crippen LogP contribution < -0.4 is 10.1 Å². The average Bonchev–Trinajstić information content (AvgIpc) is 3.50. The van der Waals surface area contributed by atoms with Crippen LogP contribution in [0.3, 0.4) is 0 Å². The highest BCUT2D eigenvalue weighted by atomic mass is 19.4. The standard InChI is InChI=1S/C22H23F3N2O7/c1-31-10-11-33-17-7-6-14(22(23,24)25)12-15(17)26-19(28)13-34-21(30)16-4-2-8-27(16)20(29)18-5-3-9-32-18/h3,5-7,9,12,16H,2,4,8,10-11,13H2,1H3,(H,26,28). The van der Waals surface area contributed by atoms with Crippen molar-refractivity contribution in [1.82, 2.24) is 4.90 Å². The quantitative estimate of drug-likeness (QED) is 0.431. The Balaban J connectivity index is 1.62. The summed E-state index contributed by atoms with van der Waals surface area (Å²) < 4.78 is 59.6. The second-order valence-electron chi connectivity index (χ2n) is 7.34. The first-order valence-electron chi connectivity index (χ1n) is 10.3. The van der Waals surface area contributed by atoms with Gasteiger partial charge in [0.05, 0.1) is 24.1 Å². The molecule has 34 heavy (non-hydrogen) atoms. The summed E-state index contributed by atoms with van der Waals surface area (Å²) in [5, 5.41) is 2.27. The topological polar surface area (TPSA) is 107 Å². The number of ether oxygens (including phenoxy) is 3. The molecule has 0 radical (unpaired) electrons. The minimum atomic E-state index is -4.64. The van der Waals surface area contributed by atoms with E-state index in [2.05, 4.69) is 5.32 Å². The third kappa shape index (κ3) is 6.28. The van der Waals surface area contributed by atoms with Crippen LogP contribution in [0.2, 0.25) is 0 Å². The molecule has 0 saturated carbocycles. The number of methoxy groups -OCH3 is 1. The minimum absolute atomic E-state index is 0.00395. The lowest BCUT2D eigenvalue weighted by molar-refractivity contribution is -0.151. The van der Waals surface area contributed by atoms with Gasteiger partial charge in [0, 0.05) is 13.7 Å². The van der Waals surface area contributed by atoms with E-state index in [9.17, 15) is 27.6 Å². The lowest BCUT2D eigenvalue weighted by Gasteiger charge is -2.22. The molecule has 0 aliphatic carbocycles. The predicted octanol–water partition coefficient (Wildman–Crippen LogP) is 3.11. The zero-order valence-corrected chi connectivity index (χ0v) is 18.2. The number of carbonyl (C=O) groups is 3. The molecule has 0 spiro atoms. The second-order valence-corrected chi connectivity index (χ2v) is 7.34. The van der Waals surface area contributed by atoms with Crippen LogP contribution in [-0.4, -0.2) is 62.2 Å². The van der Waals surface area contributed by atoms with Gasteiger partial charge in [-0.1, -0.05) is 0 Å². The van der Waals surface area contributed by atoms with Crippen LogP contribution in [0.1, 0.15) is 29.0 Å². The Kier molecular flexibility index (Phi) is 8.16. The third-order valence-electron chi connectivity index (χ3n) is 4.99. The van der Waals surface area contributed by atoms with Gasteiger partial charge in [0.2, 0.25) is 0 Å². The van der Waals surface area contributed by atoms with Gasteiger partial charge in [-0.3, -0.25) is 9.59 Å². The maximum Gasteiger partial charge on any atom is 0.416 e. The summed E-state index contributed by atoms with van der Waals surface area (Å²) in [5.41, 5.74) is -1.22. The minimum Gasteiger partial charge on any atom is -0.489 e. The lowest BCUT2D eigenvalue weighted by atomic mass is 10.1.